The third-order valence-corrected chi connectivity index (χ3v) is 2.60. The molecule has 4 heteroatoms. The van der Waals surface area contributed by atoms with Crippen LogP contribution in [0.5, 0.6) is 0 Å². The lowest BCUT2D eigenvalue weighted by Crippen LogP contribution is -2.23. The van der Waals surface area contributed by atoms with Crippen LogP contribution in [0.2, 0.25) is 0 Å². The van der Waals surface area contributed by atoms with E-state index in [0.717, 1.165) is 5.56 Å². The number of benzene rings is 1. The maximum Gasteiger partial charge on any atom is 0.338 e. The van der Waals surface area contributed by atoms with Gasteiger partial charge in [-0.25, -0.2) is 4.79 Å². The van der Waals surface area contributed by atoms with E-state index in [2.05, 4.69) is 4.98 Å². The van der Waals surface area contributed by atoms with Crippen LogP contribution in [0.15, 0.2) is 47.4 Å². The van der Waals surface area contributed by atoms with E-state index in [1.54, 1.807) is 30.5 Å². The molecule has 0 saturated carbocycles. The first-order valence-corrected chi connectivity index (χ1v) is 6.38. The monoisotopic (exact) mass is 271 g/mol. The van der Waals surface area contributed by atoms with Crippen molar-refractivity contribution in [1.29, 1.82) is 0 Å². The molecule has 2 aromatic rings. The minimum absolute atomic E-state index is 0.0602. The molecule has 1 aromatic heterocycles. The minimum Gasteiger partial charge on any atom is -0.456 e. The molecule has 0 radical (unpaired) electrons. The van der Waals surface area contributed by atoms with Gasteiger partial charge in [-0.15, -0.1) is 0 Å². The summed E-state index contributed by atoms with van der Waals surface area (Å²) in [6, 6.07) is 9.92. The Labute approximate surface area is 117 Å². The topological polar surface area (TPSA) is 59.2 Å². The summed E-state index contributed by atoms with van der Waals surface area (Å²) in [7, 11) is 0. The van der Waals surface area contributed by atoms with Crippen molar-refractivity contribution in [3.8, 4) is 11.3 Å². The second kappa shape index (κ2) is 5.33. The maximum atomic E-state index is 11.9. The highest BCUT2D eigenvalue weighted by molar-refractivity contribution is 5.90. The Kier molecular flexibility index (Phi) is 3.74. The van der Waals surface area contributed by atoms with Gasteiger partial charge in [-0.2, -0.15) is 0 Å². The van der Waals surface area contributed by atoms with E-state index in [4.69, 9.17) is 4.74 Å². The van der Waals surface area contributed by atoms with Crippen molar-refractivity contribution in [2.75, 3.05) is 0 Å². The lowest BCUT2D eigenvalue weighted by molar-refractivity contribution is 0.00696. The number of carbonyl (C=O) groups is 1. The number of esters is 1. The zero-order valence-corrected chi connectivity index (χ0v) is 11.8. The molecule has 0 spiro atoms. The smallest absolute Gasteiger partial charge is 0.338 e. The van der Waals surface area contributed by atoms with Crippen molar-refractivity contribution in [1.82, 2.24) is 4.98 Å². The van der Waals surface area contributed by atoms with Crippen LogP contribution in [0.3, 0.4) is 0 Å². The van der Waals surface area contributed by atoms with Crippen LogP contribution in [0.4, 0.5) is 0 Å². The van der Waals surface area contributed by atoms with Crippen molar-refractivity contribution < 1.29 is 9.53 Å². The van der Waals surface area contributed by atoms with Gasteiger partial charge in [0.05, 0.1) is 5.56 Å². The quantitative estimate of drug-likeness (QED) is 0.854. The first-order valence-electron chi connectivity index (χ1n) is 6.38. The summed E-state index contributed by atoms with van der Waals surface area (Å²) in [5, 5.41) is 0. The molecule has 0 aliphatic carbocycles. The molecule has 1 aromatic carbocycles. The molecule has 0 atom stereocenters. The largest absolute Gasteiger partial charge is 0.456 e. The van der Waals surface area contributed by atoms with Gasteiger partial charge in [0.2, 0.25) is 0 Å². The number of aromatic amines is 1. The molecule has 2 rings (SSSR count). The average Bonchev–Trinajstić information content (AvgIpc) is 2.37. The van der Waals surface area contributed by atoms with Crippen molar-refractivity contribution >= 4 is 5.97 Å². The Morgan fingerprint density at radius 2 is 1.75 bits per heavy atom. The van der Waals surface area contributed by atoms with Gasteiger partial charge in [-0.3, -0.25) is 4.79 Å². The summed E-state index contributed by atoms with van der Waals surface area (Å²) >= 11 is 0. The third kappa shape index (κ3) is 3.57. The van der Waals surface area contributed by atoms with Gasteiger partial charge in [0, 0.05) is 24.0 Å². The SMILES string of the molecule is CC(C)(C)OC(=O)c1ccc(-c2cc(=O)cc[nH]2)cc1. The van der Waals surface area contributed by atoms with Gasteiger partial charge in [-0.05, 0) is 38.5 Å². The average molecular weight is 271 g/mol. The number of carbonyl (C=O) groups excluding carboxylic acids is 1. The van der Waals surface area contributed by atoms with E-state index >= 15 is 0 Å². The van der Waals surface area contributed by atoms with E-state index in [9.17, 15) is 9.59 Å². The fourth-order valence-corrected chi connectivity index (χ4v) is 1.74. The number of aromatic nitrogens is 1. The molecule has 0 aliphatic rings. The van der Waals surface area contributed by atoms with E-state index in [1.807, 2.05) is 20.8 Å². The van der Waals surface area contributed by atoms with E-state index in [1.165, 1.54) is 12.1 Å². The standard InChI is InChI=1S/C16H17NO3/c1-16(2,3)20-15(19)12-6-4-11(5-7-12)14-10-13(18)8-9-17-14/h4-10H,1-3H3,(H,17,18). The van der Waals surface area contributed by atoms with Crippen molar-refractivity contribution in [3.05, 3.63) is 58.4 Å². The van der Waals surface area contributed by atoms with Crippen molar-refractivity contribution in [2.24, 2.45) is 0 Å². The summed E-state index contributed by atoms with van der Waals surface area (Å²) in [6.45, 7) is 5.48. The van der Waals surface area contributed by atoms with E-state index in [0.29, 0.717) is 11.3 Å². The van der Waals surface area contributed by atoms with Crippen LogP contribution in [0.1, 0.15) is 31.1 Å². The van der Waals surface area contributed by atoms with Crippen molar-refractivity contribution in [3.63, 3.8) is 0 Å². The summed E-state index contributed by atoms with van der Waals surface area (Å²) in [5.74, 6) is -0.356. The highest BCUT2D eigenvalue weighted by Crippen LogP contribution is 2.18. The fraction of sp³-hybridized carbons (Fsp3) is 0.250. The Morgan fingerprint density at radius 3 is 2.30 bits per heavy atom. The minimum atomic E-state index is -0.513. The molecule has 1 heterocycles. The van der Waals surface area contributed by atoms with Gasteiger partial charge in [-0.1, -0.05) is 12.1 Å². The fourth-order valence-electron chi connectivity index (χ4n) is 1.74. The summed E-state index contributed by atoms with van der Waals surface area (Å²) < 4.78 is 5.29. The first-order chi connectivity index (χ1) is 9.35. The molecule has 104 valence electrons. The number of rotatable bonds is 2. The predicted octanol–water partition coefficient (Wildman–Crippen LogP) is 3.00. The number of hydrogen-bond acceptors (Lipinski definition) is 3. The predicted molar refractivity (Wildman–Crippen MR) is 77.7 cm³/mol. The van der Waals surface area contributed by atoms with E-state index in [-0.39, 0.29) is 11.4 Å². The number of pyridine rings is 1. The highest BCUT2D eigenvalue weighted by atomic mass is 16.6. The zero-order chi connectivity index (χ0) is 14.8. The maximum absolute atomic E-state index is 11.9. The Balaban J connectivity index is 2.22. The van der Waals surface area contributed by atoms with Crippen LogP contribution >= 0.6 is 0 Å². The van der Waals surface area contributed by atoms with Gasteiger partial charge in [0.1, 0.15) is 5.60 Å². The van der Waals surface area contributed by atoms with Crippen LogP contribution in [-0.4, -0.2) is 16.6 Å². The first kappa shape index (κ1) is 14.1. The van der Waals surface area contributed by atoms with Gasteiger partial charge in [0.25, 0.3) is 0 Å². The van der Waals surface area contributed by atoms with Crippen LogP contribution in [0, 0.1) is 0 Å². The number of ether oxygens (including phenoxy) is 1. The molecule has 1 N–H and O–H groups in total. The molecule has 0 unspecified atom stereocenters. The summed E-state index contributed by atoms with van der Waals surface area (Å²) in [5.41, 5.74) is 1.47. The number of nitrogens with one attached hydrogen (secondary N) is 1. The number of hydrogen-bond donors (Lipinski definition) is 1. The molecule has 0 aliphatic heterocycles. The van der Waals surface area contributed by atoms with Gasteiger partial charge >= 0.3 is 5.97 Å². The Hall–Kier alpha value is -2.36. The normalized spacial score (nSPS) is 11.2. The summed E-state index contributed by atoms with van der Waals surface area (Å²) in [6.07, 6.45) is 1.60. The molecule has 0 bridgehead atoms. The van der Waals surface area contributed by atoms with Crippen molar-refractivity contribution in [2.45, 2.75) is 26.4 Å². The molecule has 0 saturated heterocycles. The van der Waals surface area contributed by atoms with Crippen LogP contribution in [0.25, 0.3) is 11.3 Å². The van der Waals surface area contributed by atoms with Crippen LogP contribution < -0.4 is 5.43 Å². The van der Waals surface area contributed by atoms with Crippen LogP contribution in [-0.2, 0) is 4.74 Å². The Bertz CT molecular complexity index is 663. The van der Waals surface area contributed by atoms with E-state index < -0.39 is 5.60 Å². The number of H-pyrrole nitrogens is 1. The summed E-state index contributed by atoms with van der Waals surface area (Å²) in [4.78, 5) is 26.2. The third-order valence-electron chi connectivity index (χ3n) is 2.60. The zero-order valence-electron chi connectivity index (χ0n) is 11.8. The lowest BCUT2D eigenvalue weighted by atomic mass is 10.1. The second-order valence-corrected chi connectivity index (χ2v) is 5.52. The second-order valence-electron chi connectivity index (χ2n) is 5.52. The lowest BCUT2D eigenvalue weighted by Gasteiger charge is -2.19. The Morgan fingerprint density at radius 1 is 1.10 bits per heavy atom. The highest BCUT2D eigenvalue weighted by Gasteiger charge is 2.17. The molecule has 0 amide bonds. The molecule has 20 heavy (non-hydrogen) atoms. The molecular weight excluding hydrogens is 254 g/mol. The molecular formula is C16H17NO3. The molecule has 4 nitrogen and oxygen atoms in total. The molecule has 0 fully saturated rings. The van der Waals surface area contributed by atoms with Gasteiger partial charge < -0.3 is 9.72 Å². The van der Waals surface area contributed by atoms with Gasteiger partial charge in [0.15, 0.2) is 5.43 Å².